The first-order valence-electron chi connectivity index (χ1n) is 4.36. The molecule has 0 bridgehead atoms. The van der Waals surface area contributed by atoms with Crippen LogP contribution in [0.5, 0.6) is 11.5 Å². The van der Waals surface area contributed by atoms with Gasteiger partial charge in [-0.1, -0.05) is 0 Å². The van der Waals surface area contributed by atoms with Crippen molar-refractivity contribution in [1.82, 2.24) is 0 Å². The maximum atomic E-state index is 11.5. The number of methoxy groups -OCH3 is 1. The second-order valence-electron chi connectivity index (χ2n) is 3.08. The number of nitrogens with two attached hydrogens (primary N) is 1. The number of hydrogen-bond acceptors (Lipinski definition) is 4. The number of Topliss-reactive ketones (excluding diaryl/α,β-unsaturated/α-hetero) is 1. The fraction of sp³-hybridized carbons (Fsp3) is 0.300. The minimum Gasteiger partial charge on any atom is -0.494 e. The number of ether oxygens (including phenoxy) is 2. The molecule has 0 saturated heterocycles. The Morgan fingerprint density at radius 2 is 2.29 bits per heavy atom. The maximum Gasteiger partial charge on any atom is 0.170 e. The third-order valence-electron chi connectivity index (χ3n) is 2.25. The van der Waals surface area contributed by atoms with Gasteiger partial charge < -0.3 is 15.2 Å². The van der Waals surface area contributed by atoms with E-state index in [2.05, 4.69) is 0 Å². The molecule has 1 aliphatic heterocycles. The quantitative estimate of drug-likeness (QED) is 0.681. The van der Waals surface area contributed by atoms with Crippen molar-refractivity contribution < 1.29 is 14.3 Å². The molecule has 0 unspecified atom stereocenters. The summed E-state index contributed by atoms with van der Waals surface area (Å²) in [6.07, 6.45) is 0.415. The van der Waals surface area contributed by atoms with Crippen molar-refractivity contribution in [3.05, 3.63) is 17.7 Å². The van der Waals surface area contributed by atoms with Gasteiger partial charge in [0, 0.05) is 6.42 Å². The van der Waals surface area contributed by atoms with E-state index >= 15 is 0 Å². The largest absolute Gasteiger partial charge is 0.494 e. The van der Waals surface area contributed by atoms with Crippen LogP contribution in [0.1, 0.15) is 16.8 Å². The molecule has 1 heterocycles. The van der Waals surface area contributed by atoms with Crippen molar-refractivity contribution in [2.24, 2.45) is 0 Å². The Morgan fingerprint density at radius 3 is 3.00 bits per heavy atom. The lowest BCUT2D eigenvalue weighted by molar-refractivity contribution is 0.0934. The fourth-order valence-electron chi connectivity index (χ4n) is 1.52. The summed E-state index contributed by atoms with van der Waals surface area (Å²) in [5, 5.41) is 0. The molecule has 0 aliphatic carbocycles. The summed E-state index contributed by atoms with van der Waals surface area (Å²) >= 11 is 0. The highest BCUT2D eigenvalue weighted by atomic mass is 16.5. The molecule has 0 amide bonds. The summed E-state index contributed by atoms with van der Waals surface area (Å²) in [7, 11) is 1.53. The van der Waals surface area contributed by atoms with Crippen molar-refractivity contribution in [3.8, 4) is 11.5 Å². The van der Waals surface area contributed by atoms with E-state index in [1.807, 2.05) is 0 Å². The monoisotopic (exact) mass is 193 g/mol. The second kappa shape index (κ2) is 3.21. The van der Waals surface area contributed by atoms with Gasteiger partial charge in [-0.05, 0) is 12.1 Å². The summed E-state index contributed by atoms with van der Waals surface area (Å²) in [4.78, 5) is 11.5. The minimum atomic E-state index is 0.0700. The van der Waals surface area contributed by atoms with Gasteiger partial charge in [-0.3, -0.25) is 4.79 Å². The molecular weight excluding hydrogens is 182 g/mol. The summed E-state index contributed by atoms with van der Waals surface area (Å²) in [6.45, 7) is 0.392. The van der Waals surface area contributed by atoms with Crippen LogP contribution in [0, 0.1) is 0 Å². The molecule has 4 heteroatoms. The van der Waals surface area contributed by atoms with Crippen LogP contribution in [0.25, 0.3) is 0 Å². The highest BCUT2D eigenvalue weighted by molar-refractivity contribution is 6.01. The van der Waals surface area contributed by atoms with Crippen molar-refractivity contribution in [3.63, 3.8) is 0 Å². The molecule has 74 valence electrons. The molecule has 1 aliphatic rings. The molecule has 0 aromatic heterocycles. The Kier molecular flexibility index (Phi) is 2.04. The maximum absolute atomic E-state index is 11.5. The molecule has 14 heavy (non-hydrogen) atoms. The summed E-state index contributed by atoms with van der Waals surface area (Å²) in [5.41, 5.74) is 6.73. The van der Waals surface area contributed by atoms with E-state index in [1.165, 1.54) is 7.11 Å². The highest BCUT2D eigenvalue weighted by Crippen LogP contribution is 2.37. The molecule has 0 spiro atoms. The van der Waals surface area contributed by atoms with Gasteiger partial charge in [0.15, 0.2) is 11.5 Å². The van der Waals surface area contributed by atoms with Gasteiger partial charge in [-0.25, -0.2) is 0 Å². The Balaban J connectivity index is 2.57. The lowest BCUT2D eigenvalue weighted by atomic mass is 10.0. The SMILES string of the molecule is COc1ccc2c(c1N)OCCC2=O. The van der Waals surface area contributed by atoms with Crippen LogP contribution in [0.4, 0.5) is 5.69 Å². The molecule has 0 saturated carbocycles. The molecule has 0 radical (unpaired) electrons. The first-order chi connectivity index (χ1) is 6.74. The Hall–Kier alpha value is -1.71. The molecule has 1 aromatic carbocycles. The van der Waals surface area contributed by atoms with Gasteiger partial charge in [0.2, 0.25) is 0 Å². The van der Waals surface area contributed by atoms with E-state index in [0.29, 0.717) is 35.8 Å². The summed E-state index contributed by atoms with van der Waals surface area (Å²) in [5.74, 6) is 1.07. The lowest BCUT2D eigenvalue weighted by Crippen LogP contribution is -2.16. The predicted octanol–water partition coefficient (Wildman–Crippen LogP) is 1.24. The Bertz CT molecular complexity index is 387. The van der Waals surface area contributed by atoms with E-state index < -0.39 is 0 Å². The van der Waals surface area contributed by atoms with Crippen LogP contribution in [0.2, 0.25) is 0 Å². The molecule has 1 aromatic rings. The average molecular weight is 193 g/mol. The number of carbonyl (C=O) groups excluding carboxylic acids is 1. The first-order valence-corrected chi connectivity index (χ1v) is 4.36. The van der Waals surface area contributed by atoms with Gasteiger partial charge >= 0.3 is 0 Å². The van der Waals surface area contributed by atoms with Crippen molar-refractivity contribution in [2.75, 3.05) is 19.5 Å². The fourth-order valence-corrected chi connectivity index (χ4v) is 1.52. The number of nitrogen functional groups attached to an aromatic ring is 1. The zero-order valence-corrected chi connectivity index (χ0v) is 7.87. The van der Waals surface area contributed by atoms with E-state index in [1.54, 1.807) is 12.1 Å². The number of ketones is 1. The van der Waals surface area contributed by atoms with Gasteiger partial charge in [-0.2, -0.15) is 0 Å². The molecule has 0 fully saturated rings. The number of benzene rings is 1. The van der Waals surface area contributed by atoms with Gasteiger partial charge in [0.25, 0.3) is 0 Å². The molecule has 2 N–H and O–H groups in total. The van der Waals surface area contributed by atoms with E-state index in [-0.39, 0.29) is 5.78 Å². The highest BCUT2D eigenvalue weighted by Gasteiger charge is 2.22. The Labute approximate surface area is 81.6 Å². The van der Waals surface area contributed by atoms with Crippen LogP contribution in [-0.2, 0) is 0 Å². The van der Waals surface area contributed by atoms with Crippen molar-refractivity contribution in [2.45, 2.75) is 6.42 Å². The minimum absolute atomic E-state index is 0.0700. The number of fused-ring (bicyclic) bond motifs is 1. The van der Waals surface area contributed by atoms with Crippen LogP contribution < -0.4 is 15.2 Å². The normalized spacial score (nSPS) is 14.5. The van der Waals surface area contributed by atoms with Gasteiger partial charge in [-0.15, -0.1) is 0 Å². The molecule has 0 atom stereocenters. The number of rotatable bonds is 1. The number of hydrogen-bond donors (Lipinski definition) is 1. The topological polar surface area (TPSA) is 61.6 Å². The van der Waals surface area contributed by atoms with Crippen LogP contribution >= 0.6 is 0 Å². The van der Waals surface area contributed by atoms with E-state index in [0.717, 1.165) is 0 Å². The zero-order valence-electron chi connectivity index (χ0n) is 7.87. The smallest absolute Gasteiger partial charge is 0.170 e. The third-order valence-corrected chi connectivity index (χ3v) is 2.25. The van der Waals surface area contributed by atoms with Crippen LogP contribution in [0.15, 0.2) is 12.1 Å². The summed E-state index contributed by atoms with van der Waals surface area (Å²) < 4.78 is 10.4. The van der Waals surface area contributed by atoms with E-state index in [9.17, 15) is 4.79 Å². The van der Waals surface area contributed by atoms with E-state index in [4.69, 9.17) is 15.2 Å². The average Bonchev–Trinajstić information content (AvgIpc) is 2.20. The second-order valence-corrected chi connectivity index (χ2v) is 3.08. The number of anilines is 1. The van der Waals surface area contributed by atoms with Gasteiger partial charge in [0.1, 0.15) is 11.4 Å². The zero-order chi connectivity index (χ0) is 10.1. The Morgan fingerprint density at radius 1 is 1.50 bits per heavy atom. The van der Waals surface area contributed by atoms with Crippen molar-refractivity contribution in [1.29, 1.82) is 0 Å². The van der Waals surface area contributed by atoms with Crippen molar-refractivity contribution >= 4 is 11.5 Å². The number of carbonyl (C=O) groups is 1. The standard InChI is InChI=1S/C10H11NO3/c1-13-8-3-2-6-7(12)4-5-14-10(6)9(8)11/h2-3H,4-5,11H2,1H3. The predicted molar refractivity (Wildman–Crippen MR) is 51.8 cm³/mol. The third kappa shape index (κ3) is 1.19. The molecule has 2 rings (SSSR count). The molecule has 4 nitrogen and oxygen atoms in total. The first kappa shape index (κ1) is 8.87. The van der Waals surface area contributed by atoms with Crippen LogP contribution in [-0.4, -0.2) is 19.5 Å². The summed E-state index contributed by atoms with van der Waals surface area (Å²) in [6, 6.07) is 3.37. The molecular formula is C10H11NO3. The van der Waals surface area contributed by atoms with Crippen LogP contribution in [0.3, 0.4) is 0 Å². The lowest BCUT2D eigenvalue weighted by Gasteiger charge is -2.19. The van der Waals surface area contributed by atoms with Gasteiger partial charge in [0.05, 0.1) is 19.3 Å².